The Hall–Kier alpha value is -2.37. The highest BCUT2D eigenvalue weighted by molar-refractivity contribution is 5.86. The third-order valence-electron chi connectivity index (χ3n) is 2.44. The quantitative estimate of drug-likeness (QED) is 0.755. The lowest BCUT2D eigenvalue weighted by atomic mass is 10.2. The third-order valence-corrected chi connectivity index (χ3v) is 2.44. The number of hydrogen-bond acceptors (Lipinski definition) is 3. The van der Waals surface area contributed by atoms with Crippen LogP contribution in [0, 0.1) is 11.7 Å². The highest BCUT2D eigenvalue weighted by Gasteiger charge is 2.07. The molecule has 0 atom stereocenters. The van der Waals surface area contributed by atoms with Crippen molar-refractivity contribution in [3.63, 3.8) is 0 Å². The van der Waals surface area contributed by atoms with E-state index in [2.05, 4.69) is 5.32 Å². The molecule has 5 nitrogen and oxygen atoms in total. The first-order valence-electron chi connectivity index (χ1n) is 6.48. The van der Waals surface area contributed by atoms with E-state index in [1.807, 2.05) is 13.8 Å². The lowest BCUT2D eigenvalue weighted by Gasteiger charge is -2.11. The first-order chi connectivity index (χ1) is 9.88. The zero-order valence-electron chi connectivity index (χ0n) is 11.9. The summed E-state index contributed by atoms with van der Waals surface area (Å²) >= 11 is 0. The van der Waals surface area contributed by atoms with E-state index in [0.29, 0.717) is 12.5 Å². The Morgan fingerprint density at radius 3 is 2.76 bits per heavy atom. The van der Waals surface area contributed by atoms with Gasteiger partial charge in [0, 0.05) is 18.2 Å². The first-order valence-corrected chi connectivity index (χ1v) is 6.48. The maximum atomic E-state index is 13.2. The monoisotopic (exact) mass is 295 g/mol. The van der Waals surface area contributed by atoms with Gasteiger partial charge in [-0.2, -0.15) is 0 Å². The SMILES string of the molecule is CC(C)CNC(=O)COc1ccc(F)cc1/C=C/C(=O)O. The minimum atomic E-state index is -1.15. The Morgan fingerprint density at radius 1 is 1.43 bits per heavy atom. The summed E-state index contributed by atoms with van der Waals surface area (Å²) in [5.74, 6) is -1.39. The molecule has 1 rings (SSSR count). The summed E-state index contributed by atoms with van der Waals surface area (Å²) in [6, 6.07) is 3.67. The Kier molecular flexibility index (Phi) is 6.39. The second-order valence-corrected chi connectivity index (χ2v) is 4.84. The number of hydrogen-bond donors (Lipinski definition) is 2. The number of carbonyl (C=O) groups excluding carboxylic acids is 1. The molecule has 0 saturated carbocycles. The van der Waals surface area contributed by atoms with E-state index in [4.69, 9.17) is 9.84 Å². The van der Waals surface area contributed by atoms with Crippen molar-refractivity contribution in [1.82, 2.24) is 5.32 Å². The second-order valence-electron chi connectivity index (χ2n) is 4.84. The Labute approximate surface area is 122 Å². The molecule has 0 bridgehead atoms. The van der Waals surface area contributed by atoms with E-state index in [-0.39, 0.29) is 23.8 Å². The van der Waals surface area contributed by atoms with Crippen LogP contribution in [-0.2, 0) is 9.59 Å². The molecule has 1 aromatic rings. The molecule has 0 fully saturated rings. The van der Waals surface area contributed by atoms with Crippen LogP contribution in [-0.4, -0.2) is 30.1 Å². The molecule has 0 spiro atoms. The molecule has 0 heterocycles. The van der Waals surface area contributed by atoms with Gasteiger partial charge in [-0.3, -0.25) is 4.79 Å². The molecule has 0 aliphatic rings. The molecule has 0 saturated heterocycles. The topological polar surface area (TPSA) is 75.6 Å². The van der Waals surface area contributed by atoms with Crippen LogP contribution >= 0.6 is 0 Å². The van der Waals surface area contributed by atoms with Gasteiger partial charge in [-0.1, -0.05) is 13.8 Å². The molecule has 0 unspecified atom stereocenters. The molecule has 0 aliphatic heterocycles. The van der Waals surface area contributed by atoms with Gasteiger partial charge in [0.1, 0.15) is 11.6 Å². The largest absolute Gasteiger partial charge is 0.483 e. The molecular formula is C15H18FNO4. The maximum Gasteiger partial charge on any atom is 0.328 e. The fourth-order valence-electron chi connectivity index (χ4n) is 1.45. The van der Waals surface area contributed by atoms with E-state index >= 15 is 0 Å². The van der Waals surface area contributed by atoms with Gasteiger partial charge < -0.3 is 15.2 Å². The van der Waals surface area contributed by atoms with Gasteiger partial charge in [0.2, 0.25) is 0 Å². The van der Waals surface area contributed by atoms with E-state index in [1.165, 1.54) is 18.2 Å². The highest BCUT2D eigenvalue weighted by Crippen LogP contribution is 2.21. The van der Waals surface area contributed by atoms with Gasteiger partial charge in [0.25, 0.3) is 5.91 Å². The van der Waals surface area contributed by atoms with E-state index in [1.54, 1.807) is 0 Å². The van der Waals surface area contributed by atoms with Gasteiger partial charge in [0.05, 0.1) is 0 Å². The van der Waals surface area contributed by atoms with Crippen LogP contribution in [0.25, 0.3) is 6.08 Å². The fraction of sp³-hybridized carbons (Fsp3) is 0.333. The standard InChI is InChI=1S/C15H18FNO4/c1-10(2)8-17-14(18)9-21-13-5-4-12(16)7-11(13)3-6-15(19)20/h3-7,10H,8-9H2,1-2H3,(H,17,18)(H,19,20)/b6-3+. The van der Waals surface area contributed by atoms with Gasteiger partial charge in [0.15, 0.2) is 6.61 Å². The fourth-order valence-corrected chi connectivity index (χ4v) is 1.45. The molecule has 114 valence electrons. The molecule has 21 heavy (non-hydrogen) atoms. The molecule has 0 aliphatic carbocycles. The molecule has 2 N–H and O–H groups in total. The summed E-state index contributed by atoms with van der Waals surface area (Å²) < 4.78 is 18.5. The van der Waals surface area contributed by atoms with Gasteiger partial charge in [-0.05, 0) is 30.2 Å². The highest BCUT2D eigenvalue weighted by atomic mass is 19.1. The maximum absolute atomic E-state index is 13.2. The van der Waals surface area contributed by atoms with Crippen LogP contribution in [0.2, 0.25) is 0 Å². The number of aliphatic carboxylic acids is 1. The Balaban J connectivity index is 2.70. The van der Waals surface area contributed by atoms with E-state index in [9.17, 15) is 14.0 Å². The summed E-state index contributed by atoms with van der Waals surface area (Å²) in [5.41, 5.74) is 0.258. The molecule has 6 heteroatoms. The van der Waals surface area contributed by atoms with Crippen molar-refractivity contribution in [2.24, 2.45) is 5.92 Å². The van der Waals surface area contributed by atoms with Gasteiger partial charge in [-0.25, -0.2) is 9.18 Å². The lowest BCUT2D eigenvalue weighted by Crippen LogP contribution is -2.31. The molecule has 0 radical (unpaired) electrons. The number of rotatable bonds is 7. The Morgan fingerprint density at radius 2 is 2.14 bits per heavy atom. The summed E-state index contributed by atoms with van der Waals surface area (Å²) in [6.07, 6.45) is 2.09. The van der Waals surface area contributed by atoms with Crippen molar-refractivity contribution in [3.8, 4) is 5.75 Å². The van der Waals surface area contributed by atoms with Crippen LogP contribution < -0.4 is 10.1 Å². The predicted octanol–water partition coefficient (Wildman–Crippen LogP) is 2.07. The Bertz CT molecular complexity index is 540. The van der Waals surface area contributed by atoms with Gasteiger partial charge in [-0.15, -0.1) is 0 Å². The number of ether oxygens (including phenoxy) is 1. The lowest BCUT2D eigenvalue weighted by molar-refractivity contribution is -0.131. The third kappa shape index (κ3) is 6.56. The molecule has 1 aromatic carbocycles. The normalized spacial score (nSPS) is 10.9. The average molecular weight is 295 g/mol. The second kappa shape index (κ2) is 8.04. The van der Waals surface area contributed by atoms with Crippen LogP contribution in [0.4, 0.5) is 4.39 Å². The minimum absolute atomic E-state index is 0.216. The number of halogens is 1. The van der Waals surface area contributed by atoms with Crippen molar-refractivity contribution in [3.05, 3.63) is 35.7 Å². The number of benzene rings is 1. The van der Waals surface area contributed by atoms with Crippen molar-refractivity contribution in [1.29, 1.82) is 0 Å². The number of carboxylic acid groups (broad SMARTS) is 1. The van der Waals surface area contributed by atoms with Crippen LogP contribution in [0.1, 0.15) is 19.4 Å². The van der Waals surface area contributed by atoms with Crippen molar-refractivity contribution < 1.29 is 23.8 Å². The molecule has 0 aromatic heterocycles. The minimum Gasteiger partial charge on any atom is -0.483 e. The van der Waals surface area contributed by atoms with E-state index < -0.39 is 11.8 Å². The zero-order valence-corrected chi connectivity index (χ0v) is 11.9. The summed E-state index contributed by atoms with van der Waals surface area (Å²) in [4.78, 5) is 22.0. The van der Waals surface area contributed by atoms with Crippen LogP contribution in [0.15, 0.2) is 24.3 Å². The first kappa shape index (κ1) is 16.7. The van der Waals surface area contributed by atoms with Crippen LogP contribution in [0.3, 0.4) is 0 Å². The number of carbonyl (C=O) groups is 2. The van der Waals surface area contributed by atoms with Crippen molar-refractivity contribution >= 4 is 18.0 Å². The smallest absolute Gasteiger partial charge is 0.328 e. The number of amides is 1. The summed E-state index contributed by atoms with van der Waals surface area (Å²) in [5, 5.41) is 11.3. The van der Waals surface area contributed by atoms with E-state index in [0.717, 1.165) is 12.1 Å². The molecular weight excluding hydrogens is 277 g/mol. The number of carboxylic acids is 1. The summed E-state index contributed by atoms with van der Waals surface area (Å²) in [7, 11) is 0. The summed E-state index contributed by atoms with van der Waals surface area (Å²) in [6.45, 7) is 4.26. The number of nitrogens with one attached hydrogen (secondary N) is 1. The van der Waals surface area contributed by atoms with Crippen molar-refractivity contribution in [2.45, 2.75) is 13.8 Å². The zero-order chi connectivity index (χ0) is 15.8. The van der Waals surface area contributed by atoms with Crippen LogP contribution in [0.5, 0.6) is 5.75 Å². The predicted molar refractivity (Wildman–Crippen MR) is 76.4 cm³/mol. The van der Waals surface area contributed by atoms with Gasteiger partial charge >= 0.3 is 5.97 Å². The average Bonchev–Trinajstić information content (AvgIpc) is 2.41. The molecule has 1 amide bonds. The van der Waals surface area contributed by atoms with Crippen molar-refractivity contribution in [2.75, 3.05) is 13.2 Å².